The van der Waals surface area contributed by atoms with Crippen LogP contribution in [0.2, 0.25) is 0 Å². The molecule has 0 aliphatic heterocycles. The fourth-order valence-corrected chi connectivity index (χ4v) is 2.97. The summed E-state index contributed by atoms with van der Waals surface area (Å²) in [5.41, 5.74) is 2.21. The van der Waals surface area contributed by atoms with Crippen molar-refractivity contribution >= 4 is 33.4 Å². The second-order valence-electron chi connectivity index (χ2n) is 6.08. The molecule has 2 aromatic carbocycles. The molecule has 0 saturated heterocycles. The molecule has 3 aromatic rings. The van der Waals surface area contributed by atoms with Gasteiger partial charge in [-0.15, -0.1) is 0 Å². The first-order chi connectivity index (χ1) is 12.1. The van der Waals surface area contributed by atoms with Crippen LogP contribution in [0.4, 0.5) is 17.5 Å². The van der Waals surface area contributed by atoms with E-state index in [1.807, 2.05) is 36.4 Å². The molecule has 1 heterocycles. The monoisotopic (exact) mass is 396 g/mol. The van der Waals surface area contributed by atoms with Crippen molar-refractivity contribution in [1.82, 2.24) is 9.97 Å². The van der Waals surface area contributed by atoms with E-state index in [1.54, 1.807) is 6.20 Å². The Kier molecular flexibility index (Phi) is 5.66. The van der Waals surface area contributed by atoms with Gasteiger partial charge in [-0.1, -0.05) is 52.3 Å². The molecule has 3 rings (SSSR count). The first-order valence-electron chi connectivity index (χ1n) is 8.28. The Morgan fingerprint density at radius 2 is 1.84 bits per heavy atom. The minimum absolute atomic E-state index is 0.328. The SMILES string of the molecule is CC(C)N(Cc1ccccc1)c1ccnc(Nc2cccc(Br)c2)n1. The van der Waals surface area contributed by atoms with Crippen molar-refractivity contribution in [3.05, 3.63) is 76.9 Å². The van der Waals surface area contributed by atoms with E-state index in [0.717, 1.165) is 22.5 Å². The Bertz CT molecular complexity index is 821. The van der Waals surface area contributed by atoms with Crippen molar-refractivity contribution in [2.45, 2.75) is 26.4 Å². The van der Waals surface area contributed by atoms with Gasteiger partial charge >= 0.3 is 0 Å². The van der Waals surface area contributed by atoms with Crippen molar-refractivity contribution in [3.8, 4) is 0 Å². The van der Waals surface area contributed by atoms with Crippen LogP contribution < -0.4 is 10.2 Å². The lowest BCUT2D eigenvalue weighted by Crippen LogP contribution is -2.31. The Labute approximate surface area is 157 Å². The van der Waals surface area contributed by atoms with Crippen LogP contribution in [0.1, 0.15) is 19.4 Å². The molecule has 25 heavy (non-hydrogen) atoms. The lowest BCUT2D eigenvalue weighted by atomic mass is 10.2. The number of hydrogen-bond donors (Lipinski definition) is 1. The fourth-order valence-electron chi connectivity index (χ4n) is 2.57. The third kappa shape index (κ3) is 4.79. The Balaban J connectivity index is 1.82. The molecule has 128 valence electrons. The van der Waals surface area contributed by atoms with Crippen LogP contribution in [-0.4, -0.2) is 16.0 Å². The number of rotatable bonds is 6. The van der Waals surface area contributed by atoms with Crippen LogP contribution in [0, 0.1) is 0 Å². The Morgan fingerprint density at radius 1 is 1.04 bits per heavy atom. The molecule has 0 amide bonds. The maximum Gasteiger partial charge on any atom is 0.229 e. The molecule has 0 saturated carbocycles. The molecular formula is C20H21BrN4. The van der Waals surface area contributed by atoms with Gasteiger partial charge in [0.15, 0.2) is 0 Å². The van der Waals surface area contributed by atoms with Crippen LogP contribution in [0.25, 0.3) is 0 Å². The molecule has 1 aromatic heterocycles. The van der Waals surface area contributed by atoms with Crippen LogP contribution in [0.15, 0.2) is 71.3 Å². The highest BCUT2D eigenvalue weighted by molar-refractivity contribution is 9.10. The number of nitrogens with zero attached hydrogens (tertiary/aromatic N) is 3. The molecule has 4 nitrogen and oxygen atoms in total. The van der Waals surface area contributed by atoms with Gasteiger partial charge in [0.25, 0.3) is 0 Å². The van der Waals surface area contributed by atoms with Crippen molar-refractivity contribution in [2.24, 2.45) is 0 Å². The summed E-state index contributed by atoms with van der Waals surface area (Å²) in [6.45, 7) is 5.16. The Morgan fingerprint density at radius 3 is 2.56 bits per heavy atom. The third-order valence-electron chi connectivity index (χ3n) is 3.83. The lowest BCUT2D eigenvalue weighted by molar-refractivity contribution is 0.672. The van der Waals surface area contributed by atoms with E-state index in [2.05, 4.69) is 69.2 Å². The number of halogens is 1. The topological polar surface area (TPSA) is 41.1 Å². The molecule has 0 aliphatic carbocycles. The molecular weight excluding hydrogens is 376 g/mol. The zero-order valence-electron chi connectivity index (χ0n) is 14.4. The van der Waals surface area contributed by atoms with E-state index >= 15 is 0 Å². The number of hydrogen-bond acceptors (Lipinski definition) is 4. The van der Waals surface area contributed by atoms with E-state index in [1.165, 1.54) is 5.56 Å². The van der Waals surface area contributed by atoms with Gasteiger partial charge in [0, 0.05) is 28.9 Å². The second kappa shape index (κ2) is 8.12. The molecule has 0 aliphatic rings. The standard InChI is InChI=1S/C20H21BrN4/c1-15(2)25(14-16-7-4-3-5-8-16)19-11-12-22-20(24-19)23-18-10-6-9-17(21)13-18/h3-13,15H,14H2,1-2H3,(H,22,23,24). The fraction of sp³-hybridized carbons (Fsp3) is 0.200. The third-order valence-corrected chi connectivity index (χ3v) is 4.33. The first-order valence-corrected chi connectivity index (χ1v) is 9.07. The summed E-state index contributed by atoms with van der Waals surface area (Å²) in [5, 5.41) is 3.26. The highest BCUT2D eigenvalue weighted by Gasteiger charge is 2.13. The predicted molar refractivity (Wildman–Crippen MR) is 107 cm³/mol. The summed E-state index contributed by atoms with van der Waals surface area (Å²) in [7, 11) is 0. The zero-order chi connectivity index (χ0) is 17.6. The van der Waals surface area contributed by atoms with Crippen LogP contribution in [-0.2, 0) is 6.54 Å². The summed E-state index contributed by atoms with van der Waals surface area (Å²) in [6.07, 6.45) is 1.79. The maximum absolute atomic E-state index is 4.70. The molecule has 1 N–H and O–H groups in total. The highest BCUT2D eigenvalue weighted by atomic mass is 79.9. The van der Waals surface area contributed by atoms with Crippen molar-refractivity contribution in [3.63, 3.8) is 0 Å². The van der Waals surface area contributed by atoms with E-state index in [9.17, 15) is 0 Å². The first kappa shape index (κ1) is 17.4. The summed E-state index contributed by atoms with van der Waals surface area (Å²) < 4.78 is 1.02. The average molecular weight is 397 g/mol. The van der Waals surface area contributed by atoms with Crippen LogP contribution in [0.3, 0.4) is 0 Å². The zero-order valence-corrected chi connectivity index (χ0v) is 15.9. The molecule has 5 heteroatoms. The summed E-state index contributed by atoms with van der Waals surface area (Å²) >= 11 is 3.48. The van der Waals surface area contributed by atoms with Gasteiger partial charge in [-0.25, -0.2) is 4.98 Å². The molecule has 0 fully saturated rings. The molecule has 0 radical (unpaired) electrons. The lowest BCUT2D eigenvalue weighted by Gasteiger charge is -2.28. The Hall–Kier alpha value is -2.40. The second-order valence-corrected chi connectivity index (χ2v) is 7.00. The van der Waals surface area contributed by atoms with Crippen molar-refractivity contribution in [1.29, 1.82) is 0 Å². The van der Waals surface area contributed by atoms with Crippen LogP contribution in [0.5, 0.6) is 0 Å². The van der Waals surface area contributed by atoms with Gasteiger partial charge in [-0.3, -0.25) is 0 Å². The van der Waals surface area contributed by atoms with Gasteiger partial charge in [-0.2, -0.15) is 4.98 Å². The van der Waals surface area contributed by atoms with Gasteiger partial charge < -0.3 is 10.2 Å². The van der Waals surface area contributed by atoms with Crippen molar-refractivity contribution < 1.29 is 0 Å². The summed E-state index contributed by atoms with van der Waals surface area (Å²) in [6, 6.07) is 20.7. The normalized spacial score (nSPS) is 10.7. The minimum atomic E-state index is 0.328. The molecule has 0 unspecified atom stereocenters. The van der Waals surface area contributed by atoms with Gasteiger partial charge in [-0.05, 0) is 43.7 Å². The van der Waals surface area contributed by atoms with E-state index in [0.29, 0.717) is 12.0 Å². The minimum Gasteiger partial charge on any atom is -0.350 e. The van der Waals surface area contributed by atoms with Gasteiger partial charge in [0.1, 0.15) is 5.82 Å². The quantitative estimate of drug-likeness (QED) is 0.605. The summed E-state index contributed by atoms with van der Waals surface area (Å²) in [4.78, 5) is 11.3. The van der Waals surface area contributed by atoms with Crippen molar-refractivity contribution in [2.75, 3.05) is 10.2 Å². The molecule has 0 atom stereocenters. The van der Waals surface area contributed by atoms with Crippen LogP contribution >= 0.6 is 15.9 Å². The molecule has 0 bridgehead atoms. The largest absolute Gasteiger partial charge is 0.350 e. The number of aromatic nitrogens is 2. The number of anilines is 3. The number of benzene rings is 2. The van der Waals surface area contributed by atoms with Gasteiger partial charge in [0.05, 0.1) is 0 Å². The summed E-state index contributed by atoms with van der Waals surface area (Å²) in [5.74, 6) is 1.50. The van der Waals surface area contributed by atoms with E-state index < -0.39 is 0 Å². The highest BCUT2D eigenvalue weighted by Crippen LogP contribution is 2.22. The average Bonchev–Trinajstić information content (AvgIpc) is 2.60. The predicted octanol–water partition coefficient (Wildman–Crippen LogP) is 5.40. The maximum atomic E-state index is 4.70. The van der Waals surface area contributed by atoms with Gasteiger partial charge in [0.2, 0.25) is 5.95 Å². The number of nitrogens with one attached hydrogen (secondary N) is 1. The van der Waals surface area contributed by atoms with E-state index in [-0.39, 0.29) is 0 Å². The van der Waals surface area contributed by atoms with E-state index in [4.69, 9.17) is 4.98 Å². The smallest absolute Gasteiger partial charge is 0.229 e. The molecule has 0 spiro atoms.